The van der Waals surface area contributed by atoms with Crippen molar-refractivity contribution < 1.29 is 9.53 Å². The number of fused-ring (bicyclic) bond motifs is 1. The summed E-state index contributed by atoms with van der Waals surface area (Å²) in [6.07, 6.45) is 4.11. The third-order valence-corrected chi connectivity index (χ3v) is 5.13. The number of carbonyl (C=O) groups is 1. The van der Waals surface area contributed by atoms with Gasteiger partial charge in [-0.3, -0.25) is 4.79 Å². The molecule has 1 unspecified atom stereocenters. The first-order valence-corrected chi connectivity index (χ1v) is 8.72. The molecule has 1 aliphatic rings. The van der Waals surface area contributed by atoms with Crippen LogP contribution in [0.25, 0.3) is 0 Å². The van der Waals surface area contributed by atoms with Gasteiger partial charge in [0.1, 0.15) is 5.92 Å². The average Bonchev–Trinajstić information content (AvgIpc) is 2.88. The molecule has 0 radical (unpaired) electrons. The van der Waals surface area contributed by atoms with Crippen LogP contribution in [-0.4, -0.2) is 31.2 Å². The average molecular weight is 310 g/mol. The van der Waals surface area contributed by atoms with E-state index < -0.39 is 0 Å². The van der Waals surface area contributed by atoms with Gasteiger partial charge in [-0.1, -0.05) is 13.8 Å². The summed E-state index contributed by atoms with van der Waals surface area (Å²) in [6, 6.07) is 0. The quantitative estimate of drug-likeness (QED) is 0.753. The molecular formula is C16H26N2O2S. The van der Waals surface area contributed by atoms with Crippen LogP contribution in [0, 0.1) is 5.92 Å². The molecule has 1 heterocycles. The van der Waals surface area contributed by atoms with Crippen molar-refractivity contribution >= 4 is 22.4 Å². The minimum absolute atomic E-state index is 0.111. The molecule has 1 aromatic rings. The van der Waals surface area contributed by atoms with Crippen LogP contribution in [0.2, 0.25) is 0 Å². The van der Waals surface area contributed by atoms with E-state index in [0.717, 1.165) is 43.1 Å². The summed E-state index contributed by atoms with van der Waals surface area (Å²) in [6.45, 7) is 7.77. The second kappa shape index (κ2) is 7.25. The van der Waals surface area contributed by atoms with Gasteiger partial charge in [0.25, 0.3) is 0 Å². The highest BCUT2D eigenvalue weighted by Gasteiger charge is 2.31. The maximum absolute atomic E-state index is 12.1. The predicted molar refractivity (Wildman–Crippen MR) is 87.2 cm³/mol. The lowest BCUT2D eigenvalue weighted by Gasteiger charge is -2.19. The molecule has 0 bridgehead atoms. The first-order valence-electron chi connectivity index (χ1n) is 7.90. The van der Waals surface area contributed by atoms with E-state index in [1.54, 1.807) is 11.3 Å². The van der Waals surface area contributed by atoms with Gasteiger partial charge in [0.05, 0.1) is 12.3 Å². The molecule has 4 nitrogen and oxygen atoms in total. The molecular weight excluding hydrogens is 284 g/mol. The van der Waals surface area contributed by atoms with E-state index in [4.69, 9.17) is 9.72 Å². The van der Waals surface area contributed by atoms with E-state index in [1.807, 2.05) is 6.92 Å². The van der Waals surface area contributed by atoms with Gasteiger partial charge < -0.3 is 9.64 Å². The first kappa shape index (κ1) is 16.3. The summed E-state index contributed by atoms with van der Waals surface area (Å²) in [5.74, 6) is 0.423. The molecule has 1 aliphatic carbocycles. The number of hydrogen-bond donors (Lipinski definition) is 0. The van der Waals surface area contributed by atoms with Gasteiger partial charge in [-0.05, 0) is 38.5 Å². The fourth-order valence-electron chi connectivity index (χ4n) is 2.59. The van der Waals surface area contributed by atoms with E-state index in [0.29, 0.717) is 12.5 Å². The van der Waals surface area contributed by atoms with Crippen LogP contribution in [0.1, 0.15) is 56.5 Å². The maximum Gasteiger partial charge on any atom is 0.315 e. The molecule has 5 heteroatoms. The van der Waals surface area contributed by atoms with E-state index in [-0.39, 0.29) is 11.9 Å². The van der Waals surface area contributed by atoms with Gasteiger partial charge in [-0.15, -0.1) is 11.3 Å². The molecule has 1 atom stereocenters. The smallest absolute Gasteiger partial charge is 0.315 e. The monoisotopic (exact) mass is 310 g/mol. The summed E-state index contributed by atoms with van der Waals surface area (Å²) in [7, 11) is 2.09. The normalized spacial score (nSPS) is 17.7. The standard InChI is InChI=1S/C16H26N2O2S/c1-5-20-15(19)12-7-6-8-13-14(12)17-16(21-13)18(4)10-9-11(2)3/h11-12H,5-10H2,1-4H3. The van der Waals surface area contributed by atoms with Crippen molar-refractivity contribution in [3.63, 3.8) is 0 Å². The van der Waals surface area contributed by atoms with Crippen LogP contribution in [0.4, 0.5) is 5.13 Å². The molecule has 0 spiro atoms. The van der Waals surface area contributed by atoms with Crippen molar-refractivity contribution in [1.82, 2.24) is 4.98 Å². The third kappa shape index (κ3) is 3.96. The van der Waals surface area contributed by atoms with Crippen LogP contribution < -0.4 is 4.90 Å². The number of anilines is 1. The summed E-state index contributed by atoms with van der Waals surface area (Å²) >= 11 is 1.74. The van der Waals surface area contributed by atoms with Crippen molar-refractivity contribution in [2.75, 3.05) is 25.1 Å². The molecule has 0 aromatic carbocycles. The third-order valence-electron chi connectivity index (χ3n) is 3.88. The number of esters is 1. The Kier molecular flexibility index (Phi) is 5.62. The molecule has 2 rings (SSSR count). The van der Waals surface area contributed by atoms with Gasteiger partial charge in [0.2, 0.25) is 0 Å². The second-order valence-electron chi connectivity index (χ2n) is 6.11. The number of aryl methyl sites for hydroxylation is 1. The Morgan fingerprint density at radius 2 is 2.29 bits per heavy atom. The molecule has 0 amide bonds. The highest BCUT2D eigenvalue weighted by atomic mass is 32.1. The molecule has 0 fully saturated rings. The molecule has 0 saturated carbocycles. The zero-order chi connectivity index (χ0) is 15.4. The SMILES string of the molecule is CCOC(=O)C1CCCc2sc(N(C)CCC(C)C)nc21. The lowest BCUT2D eigenvalue weighted by atomic mass is 9.91. The topological polar surface area (TPSA) is 42.4 Å². The fraction of sp³-hybridized carbons (Fsp3) is 0.750. The van der Waals surface area contributed by atoms with Gasteiger partial charge in [0.15, 0.2) is 5.13 Å². The number of ether oxygens (including phenoxy) is 1. The number of aromatic nitrogens is 1. The van der Waals surface area contributed by atoms with E-state index >= 15 is 0 Å². The molecule has 1 aromatic heterocycles. The van der Waals surface area contributed by atoms with Crippen LogP contribution in [-0.2, 0) is 16.0 Å². The van der Waals surface area contributed by atoms with Crippen LogP contribution in [0.5, 0.6) is 0 Å². The molecule has 21 heavy (non-hydrogen) atoms. The van der Waals surface area contributed by atoms with Gasteiger partial charge in [-0.2, -0.15) is 0 Å². The van der Waals surface area contributed by atoms with E-state index in [1.165, 1.54) is 4.88 Å². The van der Waals surface area contributed by atoms with Crippen molar-refractivity contribution in [2.24, 2.45) is 5.92 Å². The Balaban J connectivity index is 2.13. The second-order valence-corrected chi connectivity index (χ2v) is 7.17. The number of thiazole rings is 1. The Morgan fingerprint density at radius 1 is 1.52 bits per heavy atom. The zero-order valence-corrected chi connectivity index (χ0v) is 14.3. The molecule has 0 saturated heterocycles. The van der Waals surface area contributed by atoms with Crippen LogP contribution in [0.15, 0.2) is 0 Å². The molecule has 0 aliphatic heterocycles. The Labute approximate surface area is 131 Å². The molecule has 0 N–H and O–H groups in total. The van der Waals surface area contributed by atoms with Crippen molar-refractivity contribution in [3.8, 4) is 0 Å². The van der Waals surface area contributed by atoms with E-state index in [2.05, 4.69) is 25.8 Å². The largest absolute Gasteiger partial charge is 0.465 e. The summed E-state index contributed by atoms with van der Waals surface area (Å²) < 4.78 is 5.20. The lowest BCUT2D eigenvalue weighted by molar-refractivity contribution is -0.145. The minimum atomic E-state index is -0.155. The van der Waals surface area contributed by atoms with Gasteiger partial charge in [0, 0.05) is 18.5 Å². The highest BCUT2D eigenvalue weighted by molar-refractivity contribution is 7.15. The van der Waals surface area contributed by atoms with Crippen LogP contribution in [0.3, 0.4) is 0 Å². The summed E-state index contributed by atoms with van der Waals surface area (Å²) in [5, 5.41) is 1.04. The Morgan fingerprint density at radius 3 is 2.95 bits per heavy atom. The zero-order valence-electron chi connectivity index (χ0n) is 13.5. The van der Waals surface area contributed by atoms with Gasteiger partial charge in [-0.25, -0.2) is 4.98 Å². The fourth-order valence-corrected chi connectivity index (χ4v) is 3.74. The van der Waals surface area contributed by atoms with Crippen molar-refractivity contribution in [1.29, 1.82) is 0 Å². The van der Waals surface area contributed by atoms with E-state index in [9.17, 15) is 4.79 Å². The first-order chi connectivity index (χ1) is 10.0. The number of rotatable bonds is 6. The minimum Gasteiger partial charge on any atom is -0.465 e. The van der Waals surface area contributed by atoms with Crippen molar-refractivity contribution in [2.45, 2.75) is 52.4 Å². The van der Waals surface area contributed by atoms with Gasteiger partial charge >= 0.3 is 5.97 Å². The Bertz CT molecular complexity index is 485. The number of nitrogens with zero attached hydrogens (tertiary/aromatic N) is 2. The summed E-state index contributed by atoms with van der Waals surface area (Å²) in [4.78, 5) is 20.3. The van der Waals surface area contributed by atoms with Crippen LogP contribution >= 0.6 is 11.3 Å². The predicted octanol–water partition coefficient (Wildman–Crippen LogP) is 3.61. The number of hydrogen-bond acceptors (Lipinski definition) is 5. The summed E-state index contributed by atoms with van der Waals surface area (Å²) in [5.41, 5.74) is 0.969. The van der Waals surface area contributed by atoms with Crippen molar-refractivity contribution in [3.05, 3.63) is 10.6 Å². The maximum atomic E-state index is 12.1. The number of carbonyl (C=O) groups excluding carboxylic acids is 1. The Hall–Kier alpha value is -1.10. The highest BCUT2D eigenvalue weighted by Crippen LogP contribution is 2.38. The lowest BCUT2D eigenvalue weighted by Crippen LogP contribution is -2.22. The molecule has 118 valence electrons.